The van der Waals surface area contributed by atoms with Crippen LogP contribution in [0.2, 0.25) is 0 Å². The van der Waals surface area contributed by atoms with Crippen molar-refractivity contribution in [2.45, 2.75) is 39.7 Å². The molecule has 152 valence electrons. The zero-order valence-electron chi connectivity index (χ0n) is 17.2. The number of benzene rings is 1. The van der Waals surface area contributed by atoms with E-state index in [4.69, 9.17) is 9.47 Å². The van der Waals surface area contributed by atoms with Gasteiger partial charge in [0.1, 0.15) is 0 Å². The van der Waals surface area contributed by atoms with Gasteiger partial charge in [0.15, 0.2) is 0 Å². The van der Waals surface area contributed by atoms with Gasteiger partial charge in [0, 0.05) is 39.2 Å². The van der Waals surface area contributed by atoms with Crippen molar-refractivity contribution in [2.24, 2.45) is 5.41 Å². The first kappa shape index (κ1) is 20.6. The Kier molecular flexibility index (Phi) is 6.86. The maximum atomic E-state index is 12.8. The minimum absolute atomic E-state index is 0.0895. The minimum atomic E-state index is -0.486. The van der Waals surface area contributed by atoms with Gasteiger partial charge in [-0.2, -0.15) is 5.10 Å². The van der Waals surface area contributed by atoms with E-state index in [-0.39, 0.29) is 5.97 Å². The second-order valence-corrected chi connectivity index (χ2v) is 7.64. The third-order valence-electron chi connectivity index (χ3n) is 5.53. The average Bonchev–Trinajstić information content (AvgIpc) is 3.21. The Balaban J connectivity index is 1.82. The fourth-order valence-electron chi connectivity index (χ4n) is 4.13. The van der Waals surface area contributed by atoms with E-state index >= 15 is 0 Å². The zero-order chi connectivity index (χ0) is 20.0. The lowest BCUT2D eigenvalue weighted by molar-refractivity contribution is -0.160. The summed E-state index contributed by atoms with van der Waals surface area (Å²) in [5, 5.41) is 4.40. The van der Waals surface area contributed by atoms with Crippen molar-refractivity contribution in [3.63, 3.8) is 0 Å². The third-order valence-corrected chi connectivity index (χ3v) is 5.53. The molecule has 1 fully saturated rings. The second kappa shape index (κ2) is 9.34. The Morgan fingerprint density at radius 1 is 1.36 bits per heavy atom. The molecule has 0 N–H and O–H groups in total. The summed E-state index contributed by atoms with van der Waals surface area (Å²) < 4.78 is 12.6. The molecular formula is C22H31N3O3. The molecule has 0 bridgehead atoms. The van der Waals surface area contributed by atoms with Gasteiger partial charge in [-0.3, -0.25) is 9.69 Å². The van der Waals surface area contributed by atoms with Gasteiger partial charge in [0.2, 0.25) is 0 Å². The second-order valence-electron chi connectivity index (χ2n) is 7.64. The van der Waals surface area contributed by atoms with Crippen LogP contribution in [0.15, 0.2) is 36.7 Å². The summed E-state index contributed by atoms with van der Waals surface area (Å²) in [5.41, 5.74) is 3.04. The van der Waals surface area contributed by atoms with Crippen molar-refractivity contribution >= 4 is 5.97 Å². The van der Waals surface area contributed by atoms with Gasteiger partial charge in [-0.05, 0) is 57.4 Å². The summed E-state index contributed by atoms with van der Waals surface area (Å²) in [6, 6.07) is 8.37. The Bertz CT molecular complexity index is 775. The van der Waals surface area contributed by atoms with Gasteiger partial charge in [0.05, 0.1) is 17.7 Å². The van der Waals surface area contributed by atoms with E-state index in [9.17, 15) is 4.79 Å². The topological polar surface area (TPSA) is 56.6 Å². The van der Waals surface area contributed by atoms with E-state index in [1.54, 1.807) is 13.3 Å². The van der Waals surface area contributed by atoms with Crippen LogP contribution in [0.3, 0.4) is 0 Å². The Labute approximate surface area is 167 Å². The number of piperidine rings is 1. The first-order valence-corrected chi connectivity index (χ1v) is 10.1. The lowest BCUT2D eigenvalue weighted by atomic mass is 9.77. The van der Waals surface area contributed by atoms with Crippen molar-refractivity contribution in [3.05, 3.63) is 47.8 Å². The number of nitrogens with zero attached hydrogens (tertiary/aromatic N) is 3. The fraction of sp³-hybridized carbons (Fsp3) is 0.545. The molecule has 0 spiro atoms. The Hall–Kier alpha value is -2.18. The molecule has 3 rings (SSSR count). The molecule has 0 radical (unpaired) electrons. The van der Waals surface area contributed by atoms with Crippen LogP contribution < -0.4 is 0 Å². The highest BCUT2D eigenvalue weighted by Gasteiger charge is 2.43. The molecule has 6 heteroatoms. The summed E-state index contributed by atoms with van der Waals surface area (Å²) in [6.45, 7) is 7.40. The van der Waals surface area contributed by atoms with Gasteiger partial charge in [-0.15, -0.1) is 0 Å². The number of methoxy groups -OCH3 is 1. The summed E-state index contributed by atoms with van der Waals surface area (Å²) >= 11 is 0. The molecule has 1 saturated heterocycles. The van der Waals surface area contributed by atoms with E-state index in [1.165, 1.54) is 11.1 Å². The molecule has 1 atom stereocenters. The maximum absolute atomic E-state index is 12.8. The van der Waals surface area contributed by atoms with Crippen LogP contribution in [0.5, 0.6) is 0 Å². The van der Waals surface area contributed by atoms with E-state index in [1.807, 2.05) is 23.9 Å². The standard InChI is InChI=1S/C22H31N3O3/c1-4-28-21(26)22(10-14-27-3)9-5-12-24(17-22)16-19-15-18(2)7-8-20(19)25-13-6-11-23-25/h6-8,11,13,15H,4-5,9-10,12,14,16-17H2,1-3H3/t22-/m0/s1. The van der Waals surface area contributed by atoms with Gasteiger partial charge in [-0.1, -0.05) is 17.7 Å². The van der Waals surface area contributed by atoms with Gasteiger partial charge < -0.3 is 9.47 Å². The van der Waals surface area contributed by atoms with Crippen molar-refractivity contribution < 1.29 is 14.3 Å². The zero-order valence-corrected chi connectivity index (χ0v) is 17.2. The number of hydrogen-bond acceptors (Lipinski definition) is 5. The Morgan fingerprint density at radius 2 is 2.21 bits per heavy atom. The smallest absolute Gasteiger partial charge is 0.313 e. The summed E-state index contributed by atoms with van der Waals surface area (Å²) in [4.78, 5) is 15.2. The van der Waals surface area contributed by atoms with E-state index in [0.29, 0.717) is 26.2 Å². The van der Waals surface area contributed by atoms with Crippen LogP contribution in [-0.2, 0) is 20.8 Å². The minimum Gasteiger partial charge on any atom is -0.466 e. The number of esters is 1. The molecule has 0 amide bonds. The van der Waals surface area contributed by atoms with Gasteiger partial charge >= 0.3 is 5.97 Å². The normalized spacial score (nSPS) is 20.2. The molecule has 0 aliphatic carbocycles. The quantitative estimate of drug-likeness (QED) is 0.652. The van der Waals surface area contributed by atoms with Crippen LogP contribution in [0, 0.1) is 12.3 Å². The molecular weight excluding hydrogens is 354 g/mol. The molecule has 1 aromatic carbocycles. The number of rotatable bonds is 8. The van der Waals surface area contributed by atoms with E-state index < -0.39 is 5.41 Å². The lowest BCUT2D eigenvalue weighted by Gasteiger charge is -2.41. The van der Waals surface area contributed by atoms with Crippen LogP contribution >= 0.6 is 0 Å². The van der Waals surface area contributed by atoms with Crippen LogP contribution in [-0.4, -0.2) is 54.1 Å². The maximum Gasteiger partial charge on any atom is 0.313 e. The fourth-order valence-corrected chi connectivity index (χ4v) is 4.13. The van der Waals surface area contributed by atoms with Crippen molar-refractivity contribution in [2.75, 3.05) is 33.4 Å². The molecule has 0 unspecified atom stereocenters. The SMILES string of the molecule is CCOC(=O)[C@]1(CCOC)CCCN(Cc2cc(C)ccc2-n2cccn2)C1. The largest absolute Gasteiger partial charge is 0.466 e. The monoisotopic (exact) mass is 385 g/mol. The molecule has 6 nitrogen and oxygen atoms in total. The highest BCUT2D eigenvalue weighted by atomic mass is 16.5. The van der Waals surface area contributed by atoms with Crippen molar-refractivity contribution in [3.8, 4) is 5.69 Å². The summed E-state index contributed by atoms with van der Waals surface area (Å²) in [7, 11) is 1.68. The van der Waals surface area contributed by atoms with Crippen LogP contribution in [0.1, 0.15) is 37.3 Å². The highest BCUT2D eigenvalue weighted by molar-refractivity contribution is 5.77. The lowest BCUT2D eigenvalue weighted by Crippen LogP contribution is -2.48. The first-order valence-electron chi connectivity index (χ1n) is 10.1. The number of hydrogen-bond donors (Lipinski definition) is 0. The van der Waals surface area contributed by atoms with E-state index in [0.717, 1.165) is 31.6 Å². The van der Waals surface area contributed by atoms with Gasteiger partial charge in [0.25, 0.3) is 0 Å². The summed E-state index contributed by atoms with van der Waals surface area (Å²) in [5.74, 6) is -0.0895. The first-order chi connectivity index (χ1) is 13.6. The molecule has 2 heterocycles. The average molecular weight is 386 g/mol. The van der Waals surface area contributed by atoms with E-state index in [2.05, 4.69) is 35.1 Å². The highest BCUT2D eigenvalue weighted by Crippen LogP contribution is 2.36. The molecule has 1 aliphatic heterocycles. The molecule has 2 aromatic rings. The number of carbonyl (C=O) groups excluding carboxylic acids is 1. The third kappa shape index (κ3) is 4.62. The number of carbonyl (C=O) groups is 1. The number of aromatic nitrogens is 2. The van der Waals surface area contributed by atoms with Crippen LogP contribution in [0.4, 0.5) is 0 Å². The van der Waals surface area contributed by atoms with Crippen molar-refractivity contribution in [1.29, 1.82) is 0 Å². The summed E-state index contributed by atoms with van der Waals surface area (Å²) in [6.07, 6.45) is 6.28. The molecule has 0 saturated carbocycles. The van der Waals surface area contributed by atoms with Crippen molar-refractivity contribution in [1.82, 2.24) is 14.7 Å². The molecule has 28 heavy (non-hydrogen) atoms. The van der Waals surface area contributed by atoms with Gasteiger partial charge in [-0.25, -0.2) is 4.68 Å². The Morgan fingerprint density at radius 3 is 2.93 bits per heavy atom. The van der Waals surface area contributed by atoms with Crippen LogP contribution in [0.25, 0.3) is 5.69 Å². The number of aryl methyl sites for hydroxylation is 1. The number of likely N-dealkylation sites (tertiary alicyclic amines) is 1. The predicted octanol–water partition coefficient (Wildman–Crippen LogP) is 3.36. The predicted molar refractivity (Wildman–Crippen MR) is 108 cm³/mol. The molecule has 1 aliphatic rings. The molecule has 1 aromatic heterocycles. The number of ether oxygens (including phenoxy) is 2.